The smallest absolute Gasteiger partial charge is 0.328 e. The van der Waals surface area contributed by atoms with Crippen LogP contribution in [0.15, 0.2) is 60.4 Å². The molecule has 0 bridgehead atoms. The molecule has 0 spiro atoms. The van der Waals surface area contributed by atoms with Gasteiger partial charge in [0.1, 0.15) is 5.76 Å². The van der Waals surface area contributed by atoms with E-state index in [2.05, 4.69) is 13.0 Å². The molecule has 4 nitrogen and oxygen atoms in total. The molecule has 0 aliphatic carbocycles. The summed E-state index contributed by atoms with van der Waals surface area (Å²) in [6.45, 7) is 2.17. The van der Waals surface area contributed by atoms with E-state index in [4.69, 9.17) is 5.11 Å². The van der Waals surface area contributed by atoms with Crippen molar-refractivity contribution in [3.63, 3.8) is 0 Å². The van der Waals surface area contributed by atoms with Crippen LogP contribution in [0.2, 0.25) is 0 Å². The molecule has 0 aromatic carbocycles. The fraction of sp³-hybridized carbons (Fsp3) is 0.500. The van der Waals surface area contributed by atoms with Gasteiger partial charge in [-0.05, 0) is 37.8 Å². The maximum absolute atomic E-state index is 10.2. The number of hydrogen-bond acceptors (Lipinski definition) is 3. The summed E-state index contributed by atoms with van der Waals surface area (Å²) in [5.41, 5.74) is 0. The van der Waals surface area contributed by atoms with Crippen molar-refractivity contribution < 1.29 is 20.1 Å². The molecule has 1 unspecified atom stereocenters. The Balaban J connectivity index is 3.73. The van der Waals surface area contributed by atoms with Gasteiger partial charge in [-0.25, -0.2) is 4.79 Å². The largest absolute Gasteiger partial charge is 0.508 e. The number of carboxylic acids is 1. The van der Waals surface area contributed by atoms with E-state index in [1.807, 2.05) is 6.08 Å². The van der Waals surface area contributed by atoms with Crippen molar-refractivity contribution in [2.45, 2.75) is 70.8 Å². The third kappa shape index (κ3) is 18.3. The highest BCUT2D eigenvalue weighted by Crippen LogP contribution is 2.11. The van der Waals surface area contributed by atoms with Crippen molar-refractivity contribution in [1.82, 2.24) is 0 Å². The molecule has 3 N–H and O–H groups in total. The second-order valence-electron chi connectivity index (χ2n) is 6.25. The SMILES string of the molecule is CCCCCC(O)CCCCC/C=C/C=C/C(O)=C/C=C/C=C/C(=O)O. The van der Waals surface area contributed by atoms with Crippen molar-refractivity contribution in [3.05, 3.63) is 60.4 Å². The summed E-state index contributed by atoms with van der Waals surface area (Å²) in [5, 5.41) is 27.8. The molecule has 0 radical (unpaired) electrons. The fourth-order valence-corrected chi connectivity index (χ4v) is 2.33. The lowest BCUT2D eigenvalue weighted by molar-refractivity contribution is -0.131. The van der Waals surface area contributed by atoms with Gasteiger partial charge in [-0.15, -0.1) is 0 Å². The Bertz CT molecular complexity index is 498. The Morgan fingerprint density at radius 3 is 2.23 bits per heavy atom. The Kier molecular flexibility index (Phi) is 16.3. The molecular weight excluding hydrogens is 328 g/mol. The number of rotatable bonds is 15. The van der Waals surface area contributed by atoms with Crippen LogP contribution in [0.5, 0.6) is 0 Å². The first-order valence-corrected chi connectivity index (χ1v) is 9.54. The first kappa shape index (κ1) is 23.9. The first-order chi connectivity index (χ1) is 12.6. The monoisotopic (exact) mass is 362 g/mol. The van der Waals surface area contributed by atoms with Gasteiger partial charge in [0.2, 0.25) is 0 Å². The molecule has 0 amide bonds. The van der Waals surface area contributed by atoms with Crippen LogP contribution >= 0.6 is 0 Å². The zero-order chi connectivity index (χ0) is 19.5. The summed E-state index contributed by atoms with van der Waals surface area (Å²) in [5.74, 6) is -0.900. The summed E-state index contributed by atoms with van der Waals surface area (Å²) in [7, 11) is 0. The lowest BCUT2D eigenvalue weighted by atomic mass is 10.0. The summed E-state index contributed by atoms with van der Waals surface area (Å²) >= 11 is 0. The molecule has 0 rings (SSSR count). The number of allylic oxidation sites excluding steroid dienone is 8. The lowest BCUT2D eigenvalue weighted by Gasteiger charge is -2.09. The molecular formula is C22H34O4. The van der Waals surface area contributed by atoms with Crippen LogP contribution < -0.4 is 0 Å². The van der Waals surface area contributed by atoms with E-state index in [-0.39, 0.29) is 11.9 Å². The number of aliphatic hydroxyl groups is 2. The number of carbonyl (C=O) groups is 1. The van der Waals surface area contributed by atoms with E-state index < -0.39 is 5.97 Å². The predicted molar refractivity (Wildman–Crippen MR) is 108 cm³/mol. The summed E-state index contributed by atoms with van der Waals surface area (Å²) < 4.78 is 0. The third-order valence-electron chi connectivity index (χ3n) is 3.79. The van der Waals surface area contributed by atoms with Crippen LogP contribution in [-0.2, 0) is 4.79 Å². The number of aliphatic carboxylic acids is 1. The van der Waals surface area contributed by atoms with E-state index in [0.29, 0.717) is 0 Å². The molecule has 0 saturated heterocycles. The van der Waals surface area contributed by atoms with Gasteiger partial charge in [-0.3, -0.25) is 0 Å². The van der Waals surface area contributed by atoms with E-state index in [0.717, 1.165) is 51.0 Å². The normalized spacial score (nSPS) is 14.3. The number of carboxylic acid groups (broad SMARTS) is 1. The highest BCUT2D eigenvalue weighted by Gasteiger charge is 2.02. The van der Waals surface area contributed by atoms with Crippen molar-refractivity contribution >= 4 is 5.97 Å². The molecule has 0 aliphatic rings. The Morgan fingerprint density at radius 2 is 1.54 bits per heavy atom. The maximum Gasteiger partial charge on any atom is 0.328 e. The van der Waals surface area contributed by atoms with E-state index >= 15 is 0 Å². The van der Waals surface area contributed by atoms with Crippen molar-refractivity contribution in [2.75, 3.05) is 0 Å². The van der Waals surface area contributed by atoms with Crippen LogP contribution in [-0.4, -0.2) is 27.4 Å². The first-order valence-electron chi connectivity index (χ1n) is 9.54. The number of hydrogen-bond donors (Lipinski definition) is 3. The highest BCUT2D eigenvalue weighted by atomic mass is 16.4. The fourth-order valence-electron chi connectivity index (χ4n) is 2.33. The van der Waals surface area contributed by atoms with Crippen LogP contribution in [0.3, 0.4) is 0 Å². The summed E-state index contributed by atoms with van der Waals surface area (Å²) in [4.78, 5) is 10.2. The number of unbranched alkanes of at least 4 members (excludes halogenated alkanes) is 5. The molecule has 0 aliphatic heterocycles. The molecule has 0 saturated carbocycles. The number of aliphatic hydroxyl groups excluding tert-OH is 2. The minimum Gasteiger partial charge on any atom is -0.508 e. The summed E-state index contributed by atoms with van der Waals surface area (Å²) in [6, 6.07) is 0. The van der Waals surface area contributed by atoms with Crippen LogP contribution in [0.4, 0.5) is 0 Å². The van der Waals surface area contributed by atoms with Crippen LogP contribution in [0.25, 0.3) is 0 Å². The molecule has 0 aromatic rings. The quantitative estimate of drug-likeness (QED) is 0.153. The van der Waals surface area contributed by atoms with Crippen molar-refractivity contribution in [3.8, 4) is 0 Å². The average Bonchev–Trinajstić information content (AvgIpc) is 2.60. The summed E-state index contributed by atoms with van der Waals surface area (Å²) in [6.07, 6.45) is 23.8. The van der Waals surface area contributed by atoms with E-state index in [1.54, 1.807) is 18.2 Å². The molecule has 0 heterocycles. The average molecular weight is 363 g/mol. The maximum atomic E-state index is 10.2. The van der Waals surface area contributed by atoms with Gasteiger partial charge in [0.05, 0.1) is 6.10 Å². The van der Waals surface area contributed by atoms with Gasteiger partial charge in [0, 0.05) is 6.08 Å². The van der Waals surface area contributed by atoms with E-state index in [9.17, 15) is 15.0 Å². The Hall–Kier alpha value is -2.07. The van der Waals surface area contributed by atoms with E-state index in [1.165, 1.54) is 31.1 Å². The van der Waals surface area contributed by atoms with Gasteiger partial charge < -0.3 is 15.3 Å². The van der Waals surface area contributed by atoms with Gasteiger partial charge in [0.15, 0.2) is 0 Å². The minimum atomic E-state index is -1.00. The van der Waals surface area contributed by atoms with Crippen molar-refractivity contribution in [2.24, 2.45) is 0 Å². The van der Waals surface area contributed by atoms with Gasteiger partial charge >= 0.3 is 5.97 Å². The predicted octanol–water partition coefficient (Wildman–Crippen LogP) is 5.63. The molecule has 0 fully saturated rings. The molecule has 26 heavy (non-hydrogen) atoms. The topological polar surface area (TPSA) is 77.8 Å². The van der Waals surface area contributed by atoms with Crippen molar-refractivity contribution in [1.29, 1.82) is 0 Å². The van der Waals surface area contributed by atoms with Gasteiger partial charge in [-0.1, -0.05) is 75.5 Å². The molecule has 0 aromatic heterocycles. The second-order valence-corrected chi connectivity index (χ2v) is 6.25. The Morgan fingerprint density at radius 1 is 0.846 bits per heavy atom. The standard InChI is InChI=1S/C22H34O4/c1-2-3-10-15-20(23)16-11-7-5-4-6-8-12-17-21(24)18-13-9-14-19-22(25)26/h6,8-9,12-14,17-20,23-24H,2-5,7,10-11,15-16H2,1H3,(H,25,26)/b8-6+,13-9+,17-12+,19-14+,21-18-. The zero-order valence-corrected chi connectivity index (χ0v) is 15.9. The van der Waals surface area contributed by atoms with Gasteiger partial charge in [0.25, 0.3) is 0 Å². The molecule has 4 heteroatoms. The Labute approximate surface area is 157 Å². The molecule has 1 atom stereocenters. The van der Waals surface area contributed by atoms with Gasteiger partial charge in [-0.2, -0.15) is 0 Å². The zero-order valence-electron chi connectivity index (χ0n) is 15.9. The second kappa shape index (κ2) is 17.7. The van der Waals surface area contributed by atoms with Crippen LogP contribution in [0, 0.1) is 0 Å². The lowest BCUT2D eigenvalue weighted by Crippen LogP contribution is -2.05. The highest BCUT2D eigenvalue weighted by molar-refractivity contribution is 5.80. The minimum absolute atomic E-state index is 0.103. The van der Waals surface area contributed by atoms with Crippen LogP contribution in [0.1, 0.15) is 64.7 Å². The molecule has 146 valence electrons. The third-order valence-corrected chi connectivity index (χ3v) is 3.79.